The van der Waals surface area contributed by atoms with Crippen LogP contribution in [0.3, 0.4) is 0 Å². The molecule has 0 radical (unpaired) electrons. The van der Waals surface area contributed by atoms with E-state index in [0.29, 0.717) is 16.7 Å². The summed E-state index contributed by atoms with van der Waals surface area (Å²) >= 11 is 11.0. The van der Waals surface area contributed by atoms with Gasteiger partial charge >= 0.3 is 0 Å². The van der Waals surface area contributed by atoms with Gasteiger partial charge in [0.15, 0.2) is 5.11 Å². The minimum absolute atomic E-state index is 0.0868. The molecule has 0 unspecified atom stereocenters. The van der Waals surface area contributed by atoms with Crippen LogP contribution in [0.5, 0.6) is 0 Å². The number of rotatable bonds is 4. The Bertz CT molecular complexity index is 733. The van der Waals surface area contributed by atoms with Gasteiger partial charge < -0.3 is 10.6 Å². The number of nitro benzene ring substituents is 1. The molecular formula is C16H16ClN3O2S. The van der Waals surface area contributed by atoms with E-state index in [1.165, 1.54) is 17.7 Å². The van der Waals surface area contributed by atoms with Crippen LogP contribution in [0.15, 0.2) is 42.5 Å². The molecule has 0 saturated heterocycles. The molecule has 2 N–H and O–H groups in total. The summed E-state index contributed by atoms with van der Waals surface area (Å²) in [6, 6.07) is 12.4. The van der Waals surface area contributed by atoms with E-state index < -0.39 is 4.92 Å². The first kappa shape index (κ1) is 17.2. The molecular weight excluding hydrogens is 334 g/mol. The molecule has 2 rings (SSSR count). The van der Waals surface area contributed by atoms with Crippen molar-refractivity contribution in [1.82, 2.24) is 0 Å². The van der Waals surface area contributed by atoms with Gasteiger partial charge in [-0.3, -0.25) is 10.1 Å². The molecule has 5 nitrogen and oxygen atoms in total. The Morgan fingerprint density at radius 3 is 2.26 bits per heavy atom. The predicted molar refractivity (Wildman–Crippen MR) is 98.5 cm³/mol. The van der Waals surface area contributed by atoms with Crippen molar-refractivity contribution in [1.29, 1.82) is 0 Å². The van der Waals surface area contributed by atoms with Gasteiger partial charge in [-0.2, -0.15) is 0 Å². The number of nitrogens with one attached hydrogen (secondary N) is 2. The highest BCUT2D eigenvalue weighted by molar-refractivity contribution is 7.80. The number of nitrogens with zero attached hydrogens (tertiary/aromatic N) is 1. The van der Waals surface area contributed by atoms with Gasteiger partial charge in [0.25, 0.3) is 5.69 Å². The van der Waals surface area contributed by atoms with E-state index in [9.17, 15) is 10.1 Å². The maximum Gasteiger partial charge on any atom is 0.289 e. The number of anilines is 2. The second-order valence-corrected chi connectivity index (χ2v) is 6.09. The zero-order valence-electron chi connectivity index (χ0n) is 12.7. The van der Waals surface area contributed by atoms with Gasteiger partial charge in [0.05, 0.1) is 4.92 Å². The number of thiocarbonyl (C=S) groups is 1. The minimum Gasteiger partial charge on any atom is -0.332 e. The monoisotopic (exact) mass is 349 g/mol. The quantitative estimate of drug-likeness (QED) is 0.452. The van der Waals surface area contributed by atoms with Crippen molar-refractivity contribution < 1.29 is 4.92 Å². The number of nitro groups is 1. The van der Waals surface area contributed by atoms with Gasteiger partial charge in [-0.05, 0) is 48.0 Å². The third kappa shape index (κ3) is 4.64. The van der Waals surface area contributed by atoms with Gasteiger partial charge in [-0.15, -0.1) is 0 Å². The average molecular weight is 350 g/mol. The van der Waals surface area contributed by atoms with Gasteiger partial charge in [-0.25, -0.2) is 0 Å². The Morgan fingerprint density at radius 1 is 1.13 bits per heavy atom. The van der Waals surface area contributed by atoms with Crippen molar-refractivity contribution in [2.24, 2.45) is 0 Å². The topological polar surface area (TPSA) is 67.2 Å². The van der Waals surface area contributed by atoms with Crippen LogP contribution in [0.4, 0.5) is 17.1 Å². The molecule has 120 valence electrons. The van der Waals surface area contributed by atoms with E-state index in [-0.39, 0.29) is 10.7 Å². The van der Waals surface area contributed by atoms with Crippen molar-refractivity contribution >= 4 is 46.0 Å². The maximum atomic E-state index is 10.9. The minimum atomic E-state index is -0.533. The second kappa shape index (κ2) is 7.39. The van der Waals surface area contributed by atoms with Gasteiger partial charge in [0.1, 0.15) is 5.02 Å². The van der Waals surface area contributed by atoms with Crippen molar-refractivity contribution in [2.75, 3.05) is 10.6 Å². The Morgan fingerprint density at radius 2 is 1.70 bits per heavy atom. The van der Waals surface area contributed by atoms with Crippen LogP contribution in [0, 0.1) is 10.1 Å². The fourth-order valence-electron chi connectivity index (χ4n) is 1.98. The highest BCUT2D eigenvalue weighted by atomic mass is 35.5. The van der Waals surface area contributed by atoms with Crippen LogP contribution in [-0.2, 0) is 0 Å². The molecule has 0 amide bonds. The van der Waals surface area contributed by atoms with Crippen molar-refractivity contribution in [2.45, 2.75) is 19.8 Å². The van der Waals surface area contributed by atoms with E-state index in [1.807, 2.05) is 24.3 Å². The second-order valence-electron chi connectivity index (χ2n) is 5.28. The number of halogens is 1. The molecule has 0 atom stereocenters. The molecule has 0 heterocycles. The van der Waals surface area contributed by atoms with Gasteiger partial charge in [0, 0.05) is 17.4 Å². The third-order valence-corrected chi connectivity index (χ3v) is 3.76. The summed E-state index contributed by atoms with van der Waals surface area (Å²) in [7, 11) is 0. The predicted octanol–water partition coefficient (Wildman–Crippen LogP) is 5.18. The maximum absolute atomic E-state index is 10.9. The van der Waals surface area contributed by atoms with Crippen molar-refractivity contribution in [3.05, 3.63) is 63.2 Å². The molecule has 0 aliphatic carbocycles. The number of hydrogen-bond acceptors (Lipinski definition) is 3. The van der Waals surface area contributed by atoms with Crippen molar-refractivity contribution in [3.8, 4) is 0 Å². The molecule has 2 aromatic carbocycles. The first-order valence-electron chi connectivity index (χ1n) is 6.98. The molecule has 0 aromatic heterocycles. The van der Waals surface area contributed by atoms with E-state index in [4.69, 9.17) is 23.8 Å². The first-order chi connectivity index (χ1) is 10.9. The molecule has 0 saturated carbocycles. The molecule has 0 spiro atoms. The highest BCUT2D eigenvalue weighted by Gasteiger charge is 2.13. The van der Waals surface area contributed by atoms with E-state index in [2.05, 4.69) is 24.5 Å². The van der Waals surface area contributed by atoms with E-state index >= 15 is 0 Å². The van der Waals surface area contributed by atoms with Crippen LogP contribution in [-0.4, -0.2) is 10.0 Å². The molecule has 0 aliphatic heterocycles. The van der Waals surface area contributed by atoms with Crippen LogP contribution in [0.1, 0.15) is 25.3 Å². The molecule has 2 aromatic rings. The summed E-state index contributed by atoms with van der Waals surface area (Å²) in [5.41, 5.74) is 2.41. The number of hydrogen-bond donors (Lipinski definition) is 2. The van der Waals surface area contributed by atoms with Gasteiger partial charge in [0.2, 0.25) is 0 Å². The lowest BCUT2D eigenvalue weighted by Crippen LogP contribution is -2.19. The average Bonchev–Trinajstić information content (AvgIpc) is 2.49. The summed E-state index contributed by atoms with van der Waals surface area (Å²) in [6.07, 6.45) is 0. The lowest BCUT2D eigenvalue weighted by atomic mass is 10.0. The molecule has 7 heteroatoms. The Balaban J connectivity index is 2.05. The summed E-state index contributed by atoms with van der Waals surface area (Å²) in [6.45, 7) is 4.25. The highest BCUT2D eigenvalue weighted by Crippen LogP contribution is 2.27. The summed E-state index contributed by atoms with van der Waals surface area (Å²) in [4.78, 5) is 10.3. The molecule has 0 fully saturated rings. The molecule has 0 aliphatic rings. The Kier molecular flexibility index (Phi) is 5.52. The fraction of sp³-hybridized carbons (Fsp3) is 0.188. The van der Waals surface area contributed by atoms with Crippen LogP contribution in [0.25, 0.3) is 0 Å². The van der Waals surface area contributed by atoms with Crippen LogP contribution in [0.2, 0.25) is 5.02 Å². The zero-order chi connectivity index (χ0) is 17.0. The normalized spacial score (nSPS) is 10.4. The molecule has 0 bridgehead atoms. The Hall–Kier alpha value is -2.18. The smallest absolute Gasteiger partial charge is 0.289 e. The SMILES string of the molecule is CC(C)c1ccc(NC(=S)Nc2ccc(Cl)c([N+](=O)[O-])c2)cc1. The standard InChI is InChI=1S/C16H16ClN3O2S/c1-10(2)11-3-5-12(6-4-11)18-16(23)19-13-7-8-14(17)15(9-13)20(21)22/h3-10H,1-2H3,(H2,18,19,23). The lowest BCUT2D eigenvalue weighted by molar-refractivity contribution is -0.384. The van der Waals surface area contributed by atoms with E-state index in [1.54, 1.807) is 6.07 Å². The first-order valence-corrected chi connectivity index (χ1v) is 7.77. The van der Waals surface area contributed by atoms with E-state index in [0.717, 1.165) is 5.69 Å². The van der Waals surface area contributed by atoms with Crippen LogP contribution < -0.4 is 10.6 Å². The lowest BCUT2D eigenvalue weighted by Gasteiger charge is -2.12. The summed E-state index contributed by atoms with van der Waals surface area (Å²) in [5.74, 6) is 0.462. The Labute approximate surface area is 144 Å². The van der Waals surface area contributed by atoms with Crippen molar-refractivity contribution in [3.63, 3.8) is 0 Å². The zero-order valence-corrected chi connectivity index (χ0v) is 14.2. The fourth-order valence-corrected chi connectivity index (χ4v) is 2.40. The largest absolute Gasteiger partial charge is 0.332 e. The van der Waals surface area contributed by atoms with Crippen LogP contribution >= 0.6 is 23.8 Å². The summed E-state index contributed by atoms with van der Waals surface area (Å²) < 4.78 is 0. The molecule has 23 heavy (non-hydrogen) atoms. The third-order valence-electron chi connectivity index (χ3n) is 3.24. The van der Waals surface area contributed by atoms with Gasteiger partial charge in [-0.1, -0.05) is 37.6 Å². The summed E-state index contributed by atoms with van der Waals surface area (Å²) in [5, 5.41) is 17.3. The number of benzene rings is 2.